The van der Waals surface area contributed by atoms with E-state index in [0.717, 1.165) is 5.75 Å². The van der Waals surface area contributed by atoms with E-state index in [2.05, 4.69) is 115 Å². The average Bonchev–Trinajstić information content (AvgIpc) is 2.58. The Morgan fingerprint density at radius 1 is 0.750 bits per heavy atom. The Morgan fingerprint density at radius 2 is 1.33 bits per heavy atom. The summed E-state index contributed by atoms with van der Waals surface area (Å²) in [5.74, 6) is 0.916. The molecule has 3 heteroatoms. The van der Waals surface area contributed by atoms with Crippen LogP contribution in [0.2, 0.25) is 0 Å². The Bertz CT molecular complexity index is 778. The van der Waals surface area contributed by atoms with Gasteiger partial charge in [0.25, 0.3) is 0 Å². The van der Waals surface area contributed by atoms with Crippen LogP contribution in [0.15, 0.2) is 78.9 Å². The average molecular weight is 541 g/mol. The molecule has 3 aromatic carbocycles. The van der Waals surface area contributed by atoms with E-state index in [4.69, 9.17) is 4.74 Å². The molecule has 0 aromatic heterocycles. The lowest BCUT2D eigenvalue weighted by Crippen LogP contribution is -3.61. The van der Waals surface area contributed by atoms with Crippen molar-refractivity contribution in [2.45, 2.75) is 19.4 Å². The smallest absolute Gasteiger partial charge is 0.357 e. The van der Waals surface area contributed by atoms with Crippen LogP contribution in [0.5, 0.6) is 5.75 Å². The standard InChI is InChI=1S/C21H19I2O/c1-21(2,16-8-10-17(22)11-9-16)24-20-14-12-19(13-15-20)23-18-6-4-3-5-7-18/h3-15H,1-2H3/q+1. The van der Waals surface area contributed by atoms with Gasteiger partial charge in [0.1, 0.15) is 11.4 Å². The van der Waals surface area contributed by atoms with Crippen LogP contribution >= 0.6 is 22.6 Å². The molecule has 3 aromatic rings. The minimum atomic E-state index is -0.347. The monoisotopic (exact) mass is 541 g/mol. The van der Waals surface area contributed by atoms with Gasteiger partial charge >= 0.3 is 21.2 Å². The van der Waals surface area contributed by atoms with E-state index >= 15 is 0 Å². The van der Waals surface area contributed by atoms with Gasteiger partial charge in [-0.3, -0.25) is 0 Å². The molecule has 0 heterocycles. The van der Waals surface area contributed by atoms with Crippen molar-refractivity contribution in [3.63, 3.8) is 0 Å². The Labute approximate surface area is 167 Å². The molecule has 0 bridgehead atoms. The van der Waals surface area contributed by atoms with Crippen molar-refractivity contribution in [3.05, 3.63) is 95.1 Å². The zero-order valence-corrected chi connectivity index (χ0v) is 18.0. The lowest BCUT2D eigenvalue weighted by atomic mass is 9.98. The third kappa shape index (κ3) is 4.72. The van der Waals surface area contributed by atoms with Crippen LogP contribution in [0, 0.1) is 10.7 Å². The summed E-state index contributed by atoms with van der Waals surface area (Å²) >= 11 is 2.20. The number of hydrogen-bond donors (Lipinski definition) is 0. The van der Waals surface area contributed by atoms with Crippen LogP contribution in [0.3, 0.4) is 0 Å². The molecule has 0 N–H and O–H groups in total. The van der Waals surface area contributed by atoms with Gasteiger partial charge in [-0.15, -0.1) is 0 Å². The van der Waals surface area contributed by atoms with Gasteiger partial charge < -0.3 is 4.74 Å². The van der Waals surface area contributed by atoms with E-state index in [1.165, 1.54) is 16.3 Å². The largest absolute Gasteiger partial charge is 0.483 e. The lowest BCUT2D eigenvalue weighted by Gasteiger charge is -2.27. The molecular weight excluding hydrogens is 522 g/mol. The molecular formula is C21H19I2O+. The van der Waals surface area contributed by atoms with Crippen molar-refractivity contribution in [1.82, 2.24) is 0 Å². The van der Waals surface area contributed by atoms with Crippen LogP contribution in [0.25, 0.3) is 0 Å². The fraction of sp³-hybridized carbons (Fsp3) is 0.143. The Morgan fingerprint density at radius 3 is 1.96 bits per heavy atom. The van der Waals surface area contributed by atoms with Crippen LogP contribution < -0.4 is 25.9 Å². The van der Waals surface area contributed by atoms with E-state index in [9.17, 15) is 0 Å². The van der Waals surface area contributed by atoms with Gasteiger partial charge in [0.15, 0.2) is 7.14 Å². The second-order valence-electron chi connectivity index (χ2n) is 5.96. The Kier molecular flexibility index (Phi) is 5.81. The second kappa shape index (κ2) is 7.87. The van der Waals surface area contributed by atoms with Gasteiger partial charge in [-0.25, -0.2) is 0 Å². The molecule has 24 heavy (non-hydrogen) atoms. The van der Waals surface area contributed by atoms with Crippen LogP contribution in [0.1, 0.15) is 19.4 Å². The molecule has 0 spiro atoms. The van der Waals surface area contributed by atoms with E-state index in [-0.39, 0.29) is 26.8 Å². The first kappa shape index (κ1) is 17.7. The molecule has 0 aliphatic heterocycles. The Hall–Kier alpha value is -1.08. The maximum absolute atomic E-state index is 6.24. The van der Waals surface area contributed by atoms with Crippen molar-refractivity contribution < 1.29 is 25.9 Å². The zero-order chi connectivity index (χ0) is 17.0. The summed E-state index contributed by atoms with van der Waals surface area (Å²) in [6.07, 6.45) is 0. The van der Waals surface area contributed by atoms with Gasteiger partial charge in [0, 0.05) is 3.57 Å². The van der Waals surface area contributed by atoms with Gasteiger partial charge in [0.05, 0.1) is 0 Å². The van der Waals surface area contributed by atoms with E-state index in [0.29, 0.717) is 0 Å². The topological polar surface area (TPSA) is 9.23 Å². The van der Waals surface area contributed by atoms with Gasteiger partial charge in [0.2, 0.25) is 0 Å². The molecule has 0 saturated heterocycles. The number of benzene rings is 3. The zero-order valence-electron chi connectivity index (χ0n) is 13.7. The SMILES string of the molecule is CC(C)(Oc1ccc([I+]c2ccccc2)cc1)c1ccc(I)cc1. The summed E-state index contributed by atoms with van der Waals surface area (Å²) in [4.78, 5) is 0. The summed E-state index contributed by atoms with van der Waals surface area (Å²) in [6, 6.07) is 27.8. The maximum atomic E-state index is 6.24. The maximum Gasteiger partial charge on any atom is 0.357 e. The number of hydrogen-bond acceptors (Lipinski definition) is 1. The number of rotatable bonds is 5. The Balaban J connectivity index is 1.70. The van der Waals surface area contributed by atoms with Gasteiger partial charge in [-0.1, -0.05) is 30.3 Å². The van der Waals surface area contributed by atoms with E-state index in [1.807, 2.05) is 0 Å². The summed E-state index contributed by atoms with van der Waals surface area (Å²) in [5, 5.41) is 0. The minimum Gasteiger partial charge on any atom is -0.483 e. The predicted octanol–water partition coefficient (Wildman–Crippen LogP) is 2.73. The first-order chi connectivity index (χ1) is 11.5. The van der Waals surface area contributed by atoms with E-state index < -0.39 is 0 Å². The molecule has 1 nitrogen and oxygen atoms in total. The molecule has 0 saturated carbocycles. The highest BCUT2D eigenvalue weighted by atomic mass is 127. The molecule has 0 aliphatic rings. The molecule has 0 aliphatic carbocycles. The van der Waals surface area contributed by atoms with Gasteiger partial charge in [-0.2, -0.15) is 0 Å². The first-order valence-electron chi connectivity index (χ1n) is 7.78. The molecule has 0 atom stereocenters. The van der Waals surface area contributed by atoms with Crippen molar-refractivity contribution in [1.29, 1.82) is 0 Å². The number of halogens is 2. The molecule has 0 fully saturated rings. The second-order valence-corrected chi connectivity index (χ2v) is 10.2. The van der Waals surface area contributed by atoms with Crippen LogP contribution in [0.4, 0.5) is 0 Å². The third-order valence-corrected chi connectivity index (χ3v) is 7.08. The molecule has 0 unspecified atom stereocenters. The summed E-state index contributed by atoms with van der Waals surface area (Å²) in [7, 11) is 0. The normalized spacial score (nSPS) is 11.3. The predicted molar refractivity (Wildman–Crippen MR) is 103 cm³/mol. The summed E-state index contributed by atoms with van der Waals surface area (Å²) in [6.45, 7) is 4.22. The van der Waals surface area contributed by atoms with Crippen molar-refractivity contribution in [3.8, 4) is 5.75 Å². The molecule has 0 amide bonds. The van der Waals surface area contributed by atoms with Gasteiger partial charge in [-0.05, 0) is 90.5 Å². The minimum absolute atomic E-state index is 0.123. The van der Waals surface area contributed by atoms with Crippen molar-refractivity contribution in [2.24, 2.45) is 0 Å². The highest BCUT2D eigenvalue weighted by Gasteiger charge is 2.23. The van der Waals surface area contributed by atoms with E-state index in [1.54, 1.807) is 0 Å². The van der Waals surface area contributed by atoms with Crippen molar-refractivity contribution in [2.75, 3.05) is 0 Å². The first-order valence-corrected chi connectivity index (χ1v) is 11.0. The third-order valence-electron chi connectivity index (χ3n) is 3.68. The van der Waals surface area contributed by atoms with Crippen LogP contribution in [-0.4, -0.2) is 0 Å². The quantitative estimate of drug-likeness (QED) is 0.452. The lowest BCUT2D eigenvalue weighted by molar-refractivity contribution is -0.597. The fourth-order valence-corrected chi connectivity index (χ4v) is 4.95. The fourth-order valence-electron chi connectivity index (χ4n) is 2.37. The highest BCUT2D eigenvalue weighted by Crippen LogP contribution is 2.27. The molecule has 0 radical (unpaired) electrons. The summed E-state index contributed by atoms with van der Waals surface area (Å²) < 4.78 is 10.3. The highest BCUT2D eigenvalue weighted by molar-refractivity contribution is 14.1. The molecule has 122 valence electrons. The van der Waals surface area contributed by atoms with Crippen molar-refractivity contribution >= 4 is 22.6 Å². The molecule has 3 rings (SSSR count). The number of ether oxygens (including phenoxy) is 1. The summed E-state index contributed by atoms with van der Waals surface area (Å²) in [5.41, 5.74) is 0.837. The van der Waals surface area contributed by atoms with Crippen LogP contribution in [-0.2, 0) is 5.60 Å².